The number of amides is 2. The molecule has 2 heterocycles. The molecule has 1 aliphatic rings. The Balaban J connectivity index is 1.62. The maximum Gasteiger partial charge on any atom is 0.319 e. The number of hydrogen-bond acceptors (Lipinski definition) is 4. The van der Waals surface area contributed by atoms with E-state index in [0.717, 1.165) is 35.9 Å². The van der Waals surface area contributed by atoms with Crippen LogP contribution in [0.1, 0.15) is 23.1 Å². The van der Waals surface area contributed by atoms with Crippen LogP contribution < -0.4 is 10.6 Å². The molecule has 3 rings (SSSR count). The van der Waals surface area contributed by atoms with E-state index in [0.29, 0.717) is 19.8 Å². The summed E-state index contributed by atoms with van der Waals surface area (Å²) in [5.41, 5.74) is 1.89. The zero-order valence-corrected chi connectivity index (χ0v) is 14.7. The van der Waals surface area contributed by atoms with Crippen LogP contribution in [0.2, 0.25) is 0 Å². The van der Waals surface area contributed by atoms with E-state index in [1.54, 1.807) is 0 Å². The fourth-order valence-electron chi connectivity index (χ4n) is 3.02. The minimum atomic E-state index is -0.216. The normalized spacial score (nSPS) is 16.4. The highest BCUT2D eigenvalue weighted by atomic mass is 16.5. The van der Waals surface area contributed by atoms with Crippen LogP contribution in [-0.2, 0) is 4.74 Å². The molecule has 1 aliphatic heterocycles. The van der Waals surface area contributed by atoms with E-state index in [1.807, 2.05) is 50.2 Å². The number of rotatable bonds is 5. The lowest BCUT2D eigenvalue weighted by Crippen LogP contribution is -2.44. The van der Waals surface area contributed by atoms with Crippen molar-refractivity contribution in [1.82, 2.24) is 10.2 Å². The summed E-state index contributed by atoms with van der Waals surface area (Å²) in [4.78, 5) is 14.5. The second-order valence-corrected chi connectivity index (χ2v) is 6.32. The van der Waals surface area contributed by atoms with Gasteiger partial charge in [-0.15, -0.1) is 0 Å². The molecule has 134 valence electrons. The number of benzene rings is 1. The highest BCUT2D eigenvalue weighted by Gasteiger charge is 2.25. The monoisotopic (exact) mass is 343 g/mol. The molecular formula is C19H25N3O3. The van der Waals surface area contributed by atoms with Crippen molar-refractivity contribution in [2.24, 2.45) is 0 Å². The summed E-state index contributed by atoms with van der Waals surface area (Å²) < 4.78 is 11.2. The Hall–Kier alpha value is -2.31. The van der Waals surface area contributed by atoms with Crippen LogP contribution in [0.25, 0.3) is 0 Å². The van der Waals surface area contributed by atoms with Crippen LogP contribution >= 0.6 is 0 Å². The minimum Gasteiger partial charge on any atom is -0.465 e. The molecule has 0 radical (unpaired) electrons. The van der Waals surface area contributed by atoms with E-state index in [4.69, 9.17) is 9.15 Å². The maximum absolute atomic E-state index is 12.3. The first-order valence-corrected chi connectivity index (χ1v) is 8.61. The molecule has 6 nitrogen and oxygen atoms in total. The summed E-state index contributed by atoms with van der Waals surface area (Å²) in [7, 11) is 0. The number of aryl methyl sites for hydroxylation is 2. The Labute approximate surface area is 148 Å². The van der Waals surface area contributed by atoms with E-state index < -0.39 is 0 Å². The van der Waals surface area contributed by atoms with E-state index in [1.165, 1.54) is 0 Å². The number of ether oxygens (including phenoxy) is 1. The van der Waals surface area contributed by atoms with Crippen LogP contribution in [0.15, 0.2) is 40.8 Å². The van der Waals surface area contributed by atoms with Crippen molar-refractivity contribution < 1.29 is 13.9 Å². The molecule has 1 aromatic carbocycles. The number of hydrogen-bond donors (Lipinski definition) is 2. The molecule has 1 atom stereocenters. The molecule has 2 aromatic rings. The number of morpholine rings is 1. The number of nitrogens with one attached hydrogen (secondary N) is 2. The van der Waals surface area contributed by atoms with Crippen molar-refractivity contribution in [2.45, 2.75) is 19.9 Å². The van der Waals surface area contributed by atoms with Gasteiger partial charge in [-0.05, 0) is 43.7 Å². The van der Waals surface area contributed by atoms with Crippen molar-refractivity contribution in [2.75, 3.05) is 38.2 Å². The third-order valence-corrected chi connectivity index (χ3v) is 4.31. The number of anilines is 1. The lowest BCUT2D eigenvalue weighted by atomic mass is 10.1. The van der Waals surface area contributed by atoms with E-state index in [-0.39, 0.29) is 12.1 Å². The first kappa shape index (κ1) is 17.5. The van der Waals surface area contributed by atoms with Crippen molar-refractivity contribution >= 4 is 11.7 Å². The lowest BCUT2D eigenvalue weighted by molar-refractivity contribution is 0.0122. The van der Waals surface area contributed by atoms with Crippen molar-refractivity contribution in [1.29, 1.82) is 0 Å². The van der Waals surface area contributed by atoms with Crippen LogP contribution in [0.5, 0.6) is 0 Å². The van der Waals surface area contributed by atoms with Crippen LogP contribution in [-0.4, -0.2) is 43.8 Å². The van der Waals surface area contributed by atoms with Gasteiger partial charge in [-0.3, -0.25) is 4.90 Å². The quantitative estimate of drug-likeness (QED) is 0.875. The first-order valence-electron chi connectivity index (χ1n) is 8.61. The number of urea groups is 1. The molecular weight excluding hydrogens is 318 g/mol. The fourth-order valence-corrected chi connectivity index (χ4v) is 3.02. The van der Waals surface area contributed by atoms with Gasteiger partial charge in [0, 0.05) is 25.3 Å². The molecule has 0 unspecified atom stereocenters. The summed E-state index contributed by atoms with van der Waals surface area (Å²) in [6, 6.07) is 11.5. The number of furan rings is 1. The summed E-state index contributed by atoms with van der Waals surface area (Å²) in [6.45, 7) is 7.45. The van der Waals surface area contributed by atoms with Gasteiger partial charge in [0.2, 0.25) is 0 Å². The third-order valence-electron chi connectivity index (χ3n) is 4.31. The molecule has 1 aromatic heterocycles. The molecule has 1 saturated heterocycles. The molecule has 0 bridgehead atoms. The second-order valence-electron chi connectivity index (χ2n) is 6.32. The van der Waals surface area contributed by atoms with Crippen molar-refractivity contribution in [3.8, 4) is 0 Å². The highest BCUT2D eigenvalue weighted by molar-refractivity contribution is 5.89. The van der Waals surface area contributed by atoms with Gasteiger partial charge in [0.15, 0.2) is 0 Å². The zero-order valence-electron chi connectivity index (χ0n) is 14.7. The largest absolute Gasteiger partial charge is 0.465 e. The number of carbonyl (C=O) groups is 1. The first-order chi connectivity index (χ1) is 12.1. The van der Waals surface area contributed by atoms with Crippen LogP contribution in [0.3, 0.4) is 0 Å². The molecule has 0 spiro atoms. The smallest absolute Gasteiger partial charge is 0.319 e. The average molecular weight is 343 g/mol. The van der Waals surface area contributed by atoms with Gasteiger partial charge in [-0.2, -0.15) is 0 Å². The zero-order chi connectivity index (χ0) is 17.6. The Kier molecular flexibility index (Phi) is 5.73. The molecule has 2 N–H and O–H groups in total. The van der Waals surface area contributed by atoms with E-state index in [9.17, 15) is 4.79 Å². The van der Waals surface area contributed by atoms with Gasteiger partial charge >= 0.3 is 6.03 Å². The standard InChI is InChI=1S/C19H25N3O3/c1-14-4-3-5-16(12-14)21-19(23)20-13-17(18-7-6-15(2)25-18)22-8-10-24-11-9-22/h3-7,12,17H,8-11,13H2,1-2H3,(H2,20,21,23)/t17-/m0/s1. The second kappa shape index (κ2) is 8.18. The number of nitrogens with zero attached hydrogens (tertiary/aromatic N) is 1. The van der Waals surface area contributed by atoms with Gasteiger partial charge in [-0.1, -0.05) is 12.1 Å². The van der Waals surface area contributed by atoms with Crippen molar-refractivity contribution in [3.63, 3.8) is 0 Å². The van der Waals surface area contributed by atoms with Crippen molar-refractivity contribution in [3.05, 3.63) is 53.5 Å². The SMILES string of the molecule is Cc1cccc(NC(=O)NC[C@@H](c2ccc(C)o2)N2CCOCC2)c1. The van der Waals surface area contributed by atoms with Crippen LogP contribution in [0.4, 0.5) is 10.5 Å². The Morgan fingerprint density at radius 2 is 2.00 bits per heavy atom. The van der Waals surface area contributed by atoms with E-state index >= 15 is 0 Å². The number of carbonyl (C=O) groups excluding carboxylic acids is 1. The topological polar surface area (TPSA) is 66.7 Å². The minimum absolute atomic E-state index is 0.000796. The third kappa shape index (κ3) is 4.84. The lowest BCUT2D eigenvalue weighted by Gasteiger charge is -2.33. The van der Waals surface area contributed by atoms with Gasteiger partial charge in [0.1, 0.15) is 11.5 Å². The molecule has 0 saturated carbocycles. The Morgan fingerprint density at radius 1 is 1.20 bits per heavy atom. The molecule has 2 amide bonds. The molecule has 1 fully saturated rings. The predicted octanol–water partition coefficient (Wildman–Crippen LogP) is 3.09. The molecule has 6 heteroatoms. The Morgan fingerprint density at radius 3 is 2.68 bits per heavy atom. The van der Waals surface area contributed by atoms with Gasteiger partial charge < -0.3 is 19.8 Å². The van der Waals surface area contributed by atoms with Crippen LogP contribution in [0, 0.1) is 13.8 Å². The highest BCUT2D eigenvalue weighted by Crippen LogP contribution is 2.23. The molecule has 0 aliphatic carbocycles. The van der Waals surface area contributed by atoms with Gasteiger partial charge in [-0.25, -0.2) is 4.79 Å². The average Bonchev–Trinajstić information content (AvgIpc) is 3.02. The predicted molar refractivity (Wildman–Crippen MR) is 96.8 cm³/mol. The summed E-state index contributed by atoms with van der Waals surface area (Å²) in [5.74, 6) is 1.74. The van der Waals surface area contributed by atoms with Gasteiger partial charge in [0.05, 0.1) is 19.3 Å². The molecule has 25 heavy (non-hydrogen) atoms. The summed E-state index contributed by atoms with van der Waals surface area (Å²) in [6.07, 6.45) is 0. The summed E-state index contributed by atoms with van der Waals surface area (Å²) in [5, 5.41) is 5.84. The van der Waals surface area contributed by atoms with E-state index in [2.05, 4.69) is 15.5 Å². The maximum atomic E-state index is 12.3. The Bertz CT molecular complexity index is 707. The van der Waals surface area contributed by atoms with Gasteiger partial charge in [0.25, 0.3) is 0 Å². The fraction of sp³-hybridized carbons (Fsp3) is 0.421. The summed E-state index contributed by atoms with van der Waals surface area (Å²) >= 11 is 0.